The molecule has 1 heterocycles. The second-order valence-corrected chi connectivity index (χ2v) is 2.65. The van der Waals surface area contributed by atoms with Gasteiger partial charge < -0.3 is 5.32 Å². The van der Waals surface area contributed by atoms with Crippen LogP contribution in [0.25, 0.3) is 0 Å². The van der Waals surface area contributed by atoms with Crippen molar-refractivity contribution in [1.29, 1.82) is 0 Å². The van der Waals surface area contributed by atoms with Gasteiger partial charge in [-0.3, -0.25) is 0 Å². The van der Waals surface area contributed by atoms with Gasteiger partial charge in [0.05, 0.1) is 0 Å². The lowest BCUT2D eigenvalue weighted by atomic mass is 9.99. The van der Waals surface area contributed by atoms with Crippen molar-refractivity contribution < 1.29 is 4.39 Å². The predicted molar refractivity (Wildman–Crippen MR) is 36.2 cm³/mol. The summed E-state index contributed by atoms with van der Waals surface area (Å²) < 4.78 is 12.8. The average Bonchev–Trinajstić information content (AvgIpc) is 1.60. The highest BCUT2D eigenvalue weighted by atomic mass is 19.1. The molecule has 0 saturated carbocycles. The van der Waals surface area contributed by atoms with Crippen LogP contribution in [-0.2, 0) is 0 Å². The van der Waals surface area contributed by atoms with E-state index < -0.39 is 6.17 Å². The van der Waals surface area contributed by atoms with Gasteiger partial charge in [-0.25, -0.2) is 4.39 Å². The summed E-state index contributed by atoms with van der Waals surface area (Å²) >= 11 is 0. The molecule has 1 rings (SSSR count). The molecule has 1 nitrogen and oxygen atoms in total. The third kappa shape index (κ3) is 1.65. The van der Waals surface area contributed by atoms with Crippen LogP contribution in [0, 0.1) is 0 Å². The van der Waals surface area contributed by atoms with Crippen LogP contribution >= 0.6 is 0 Å². The zero-order valence-corrected chi connectivity index (χ0v) is 5.86. The second-order valence-electron chi connectivity index (χ2n) is 2.65. The molecular formula is C7H14FN. The fourth-order valence-electron chi connectivity index (χ4n) is 1.10. The summed E-state index contributed by atoms with van der Waals surface area (Å²) in [7, 11) is 0. The van der Waals surface area contributed by atoms with Gasteiger partial charge in [-0.2, -0.15) is 0 Å². The topological polar surface area (TPSA) is 12.0 Å². The number of rotatable bonds is 3. The fourth-order valence-corrected chi connectivity index (χ4v) is 1.10. The molecule has 9 heavy (non-hydrogen) atoms. The summed E-state index contributed by atoms with van der Waals surface area (Å²) in [6, 6.07) is 0.185. The minimum atomic E-state index is -0.594. The largest absolute Gasteiger partial charge is 0.311 e. The minimum absolute atomic E-state index is 0.185. The van der Waals surface area contributed by atoms with Gasteiger partial charge in [0.1, 0.15) is 6.17 Å². The predicted octanol–water partition coefficient (Wildman–Crippen LogP) is 1.49. The van der Waals surface area contributed by atoms with Gasteiger partial charge in [-0.1, -0.05) is 13.3 Å². The Balaban J connectivity index is 2.08. The number of nitrogens with one attached hydrogen (secondary N) is 1. The first-order chi connectivity index (χ1) is 4.34. The second kappa shape index (κ2) is 3.16. The molecule has 1 aliphatic heterocycles. The van der Waals surface area contributed by atoms with E-state index in [0.29, 0.717) is 0 Å². The lowest BCUT2D eigenvalue weighted by molar-refractivity contribution is 0.181. The molecule has 0 amide bonds. The van der Waals surface area contributed by atoms with E-state index in [4.69, 9.17) is 0 Å². The number of alkyl halides is 1. The van der Waals surface area contributed by atoms with Crippen LogP contribution in [0.4, 0.5) is 4.39 Å². The Morgan fingerprint density at radius 3 is 2.78 bits per heavy atom. The highest BCUT2D eigenvalue weighted by Crippen LogP contribution is 2.14. The third-order valence-corrected chi connectivity index (χ3v) is 1.86. The van der Waals surface area contributed by atoms with Crippen molar-refractivity contribution in [2.45, 2.75) is 38.4 Å². The Hall–Kier alpha value is -0.110. The van der Waals surface area contributed by atoms with Crippen molar-refractivity contribution in [3.05, 3.63) is 0 Å². The monoisotopic (exact) mass is 131 g/mol. The van der Waals surface area contributed by atoms with Gasteiger partial charge in [-0.15, -0.1) is 0 Å². The van der Waals surface area contributed by atoms with Crippen LogP contribution in [0.2, 0.25) is 0 Å². The van der Waals surface area contributed by atoms with E-state index in [-0.39, 0.29) is 6.04 Å². The zero-order valence-electron chi connectivity index (χ0n) is 5.86. The summed E-state index contributed by atoms with van der Waals surface area (Å²) in [6.07, 6.45) is 2.11. The molecule has 2 heteroatoms. The van der Waals surface area contributed by atoms with E-state index >= 15 is 0 Å². The van der Waals surface area contributed by atoms with E-state index in [9.17, 15) is 4.39 Å². The SMILES string of the molecule is CCCC(F)C1CCN1. The van der Waals surface area contributed by atoms with Crippen LogP contribution in [-0.4, -0.2) is 18.8 Å². The molecule has 54 valence electrons. The van der Waals surface area contributed by atoms with Gasteiger partial charge in [0, 0.05) is 6.04 Å². The standard InChI is InChI=1S/C7H14FN/c1-2-3-6(8)7-4-5-9-7/h6-7,9H,2-5H2,1H3. The molecular weight excluding hydrogens is 117 g/mol. The summed E-state index contributed by atoms with van der Waals surface area (Å²) in [4.78, 5) is 0. The Bertz CT molecular complexity index is 81.0. The van der Waals surface area contributed by atoms with Crippen molar-refractivity contribution in [3.8, 4) is 0 Å². The molecule has 0 aromatic carbocycles. The van der Waals surface area contributed by atoms with Gasteiger partial charge in [0.15, 0.2) is 0 Å². The first kappa shape index (κ1) is 7.00. The van der Waals surface area contributed by atoms with Gasteiger partial charge in [-0.05, 0) is 19.4 Å². The van der Waals surface area contributed by atoms with Crippen molar-refractivity contribution >= 4 is 0 Å². The summed E-state index contributed by atoms with van der Waals surface area (Å²) in [5, 5.41) is 3.06. The maximum absolute atomic E-state index is 12.8. The molecule has 1 saturated heterocycles. The molecule has 0 radical (unpaired) electrons. The molecule has 0 aliphatic carbocycles. The lowest BCUT2D eigenvalue weighted by Gasteiger charge is -2.30. The molecule has 1 fully saturated rings. The highest BCUT2D eigenvalue weighted by molar-refractivity contribution is 4.83. The Morgan fingerprint density at radius 1 is 1.78 bits per heavy atom. The first-order valence-electron chi connectivity index (χ1n) is 3.72. The van der Waals surface area contributed by atoms with E-state index in [1.165, 1.54) is 0 Å². The lowest BCUT2D eigenvalue weighted by Crippen LogP contribution is -2.49. The minimum Gasteiger partial charge on any atom is -0.311 e. The van der Waals surface area contributed by atoms with E-state index in [0.717, 1.165) is 25.8 Å². The Kier molecular flexibility index (Phi) is 2.46. The maximum atomic E-state index is 12.8. The first-order valence-corrected chi connectivity index (χ1v) is 3.72. The molecule has 0 aromatic heterocycles. The van der Waals surface area contributed by atoms with Gasteiger partial charge >= 0.3 is 0 Å². The number of halogens is 1. The molecule has 0 bridgehead atoms. The van der Waals surface area contributed by atoms with Crippen molar-refractivity contribution in [2.24, 2.45) is 0 Å². The zero-order chi connectivity index (χ0) is 6.69. The maximum Gasteiger partial charge on any atom is 0.115 e. The van der Waals surface area contributed by atoms with Crippen LogP contribution in [0.1, 0.15) is 26.2 Å². The van der Waals surface area contributed by atoms with Crippen LogP contribution < -0.4 is 5.32 Å². The van der Waals surface area contributed by atoms with Crippen molar-refractivity contribution in [1.82, 2.24) is 5.32 Å². The number of hydrogen-bond donors (Lipinski definition) is 1. The van der Waals surface area contributed by atoms with Crippen molar-refractivity contribution in [3.63, 3.8) is 0 Å². The van der Waals surface area contributed by atoms with Gasteiger partial charge in [0.2, 0.25) is 0 Å². The van der Waals surface area contributed by atoms with E-state index in [1.807, 2.05) is 6.92 Å². The summed E-state index contributed by atoms with van der Waals surface area (Å²) in [5.41, 5.74) is 0. The molecule has 2 unspecified atom stereocenters. The third-order valence-electron chi connectivity index (χ3n) is 1.86. The Morgan fingerprint density at radius 2 is 2.44 bits per heavy atom. The molecule has 2 atom stereocenters. The highest BCUT2D eigenvalue weighted by Gasteiger charge is 2.24. The summed E-state index contributed by atoms with van der Waals surface area (Å²) in [6.45, 7) is 3.03. The Labute approximate surface area is 55.6 Å². The normalized spacial score (nSPS) is 29.3. The van der Waals surface area contributed by atoms with Crippen molar-refractivity contribution in [2.75, 3.05) is 6.54 Å². The van der Waals surface area contributed by atoms with Crippen LogP contribution in [0.3, 0.4) is 0 Å². The molecule has 1 N–H and O–H groups in total. The molecule has 0 spiro atoms. The van der Waals surface area contributed by atoms with Gasteiger partial charge in [0.25, 0.3) is 0 Å². The van der Waals surface area contributed by atoms with E-state index in [2.05, 4.69) is 5.32 Å². The summed E-state index contributed by atoms with van der Waals surface area (Å²) in [5.74, 6) is 0. The fraction of sp³-hybridized carbons (Fsp3) is 1.00. The number of hydrogen-bond acceptors (Lipinski definition) is 1. The van der Waals surface area contributed by atoms with Crippen LogP contribution in [0.5, 0.6) is 0 Å². The quantitative estimate of drug-likeness (QED) is 0.612. The van der Waals surface area contributed by atoms with Crippen LogP contribution in [0.15, 0.2) is 0 Å². The average molecular weight is 131 g/mol. The molecule has 1 aliphatic rings. The van der Waals surface area contributed by atoms with E-state index in [1.54, 1.807) is 0 Å². The molecule has 0 aromatic rings. The smallest absolute Gasteiger partial charge is 0.115 e.